The first kappa shape index (κ1) is 18.1. The lowest BCUT2D eigenvalue weighted by Crippen LogP contribution is -2.70. The molecule has 0 aliphatic heterocycles. The molecule has 26 heavy (non-hydrogen) atoms. The van der Waals surface area contributed by atoms with E-state index in [1.807, 2.05) is 6.92 Å². The molecule has 4 aliphatic carbocycles. The van der Waals surface area contributed by atoms with Crippen molar-refractivity contribution in [1.82, 2.24) is 0 Å². The van der Waals surface area contributed by atoms with E-state index in [0.717, 1.165) is 6.42 Å². The molecule has 4 saturated carbocycles. The van der Waals surface area contributed by atoms with Gasteiger partial charge in [-0.1, -0.05) is 13.5 Å². The number of hydrogen-bond donors (Lipinski definition) is 4. The maximum atomic E-state index is 13.1. The van der Waals surface area contributed by atoms with Gasteiger partial charge < -0.3 is 20.4 Å². The quantitative estimate of drug-likeness (QED) is 0.519. The fraction of sp³-hybridized carbons (Fsp3) is 0.800. The van der Waals surface area contributed by atoms with Gasteiger partial charge in [-0.2, -0.15) is 0 Å². The molecule has 6 heteroatoms. The summed E-state index contributed by atoms with van der Waals surface area (Å²) < 4.78 is 0. The number of hydrogen-bond acceptors (Lipinski definition) is 5. The third-order valence-corrected chi connectivity index (χ3v) is 8.66. The fourth-order valence-electron chi connectivity index (χ4n) is 7.32. The molecule has 1 spiro atoms. The molecule has 4 rings (SSSR count). The van der Waals surface area contributed by atoms with Gasteiger partial charge in [-0.05, 0) is 62.4 Å². The van der Waals surface area contributed by atoms with Gasteiger partial charge in [0.25, 0.3) is 0 Å². The lowest BCUT2D eigenvalue weighted by molar-refractivity contribution is -0.256. The van der Waals surface area contributed by atoms with E-state index in [2.05, 4.69) is 6.58 Å². The lowest BCUT2D eigenvalue weighted by atomic mass is 9.39. The van der Waals surface area contributed by atoms with Crippen LogP contribution in [0, 0.1) is 34.0 Å². The summed E-state index contributed by atoms with van der Waals surface area (Å²) in [6, 6.07) is 0. The Morgan fingerprint density at radius 2 is 1.77 bits per heavy atom. The summed E-state index contributed by atoms with van der Waals surface area (Å²) >= 11 is 0. The van der Waals surface area contributed by atoms with Gasteiger partial charge >= 0.3 is 5.97 Å². The number of rotatable bonds is 1. The molecular formula is C20H28O6. The number of aliphatic carboxylic acids is 1. The Labute approximate surface area is 152 Å². The number of Topliss-reactive ketones (excluding diaryl/α,β-unsaturated/α-hetero) is 1. The maximum absolute atomic E-state index is 13.1. The summed E-state index contributed by atoms with van der Waals surface area (Å²) in [6.45, 7) is 7.36. The van der Waals surface area contributed by atoms with Gasteiger partial charge in [0.1, 0.15) is 0 Å². The molecule has 6 nitrogen and oxygen atoms in total. The number of carbonyl (C=O) groups is 2. The van der Waals surface area contributed by atoms with Crippen molar-refractivity contribution in [1.29, 1.82) is 0 Å². The molecular weight excluding hydrogens is 336 g/mol. The Bertz CT molecular complexity index is 702. The van der Waals surface area contributed by atoms with E-state index in [4.69, 9.17) is 0 Å². The average Bonchev–Trinajstić information content (AvgIpc) is 2.77. The lowest BCUT2D eigenvalue weighted by Gasteiger charge is -2.65. The Morgan fingerprint density at radius 1 is 1.12 bits per heavy atom. The third kappa shape index (κ3) is 1.78. The zero-order valence-corrected chi connectivity index (χ0v) is 15.3. The second-order valence-electron chi connectivity index (χ2n) is 9.53. The highest BCUT2D eigenvalue weighted by Crippen LogP contribution is 2.71. The van der Waals surface area contributed by atoms with Crippen LogP contribution in [0.4, 0.5) is 0 Å². The van der Waals surface area contributed by atoms with Crippen LogP contribution in [0.5, 0.6) is 0 Å². The summed E-state index contributed by atoms with van der Waals surface area (Å²) in [7, 11) is 0. The molecule has 0 unspecified atom stereocenters. The van der Waals surface area contributed by atoms with Gasteiger partial charge in [-0.15, -0.1) is 0 Å². The third-order valence-electron chi connectivity index (χ3n) is 8.66. The Morgan fingerprint density at radius 3 is 2.38 bits per heavy atom. The monoisotopic (exact) mass is 364 g/mol. The highest BCUT2D eigenvalue weighted by atomic mass is 16.4. The molecule has 0 saturated heterocycles. The number of ketones is 1. The number of carbonyl (C=O) groups excluding carboxylic acids is 1. The van der Waals surface area contributed by atoms with Gasteiger partial charge in [0.2, 0.25) is 0 Å². The van der Waals surface area contributed by atoms with Gasteiger partial charge in [-0.25, -0.2) is 0 Å². The van der Waals surface area contributed by atoms with E-state index in [1.54, 1.807) is 6.92 Å². The summed E-state index contributed by atoms with van der Waals surface area (Å²) in [6.07, 6.45) is -1.25. The topological polar surface area (TPSA) is 115 Å². The predicted molar refractivity (Wildman–Crippen MR) is 92.0 cm³/mol. The van der Waals surface area contributed by atoms with E-state index >= 15 is 0 Å². The molecule has 9 atom stereocenters. The van der Waals surface area contributed by atoms with Crippen molar-refractivity contribution in [3.63, 3.8) is 0 Å². The minimum Gasteiger partial charge on any atom is -0.481 e. The molecule has 0 aromatic carbocycles. The molecule has 4 fully saturated rings. The number of aliphatic hydroxyl groups excluding tert-OH is 3. The molecule has 4 aliphatic rings. The number of carboxylic acid groups (broad SMARTS) is 1. The summed E-state index contributed by atoms with van der Waals surface area (Å²) in [5.74, 6) is -1.98. The van der Waals surface area contributed by atoms with Crippen molar-refractivity contribution in [2.75, 3.05) is 0 Å². The molecule has 0 aromatic rings. The normalized spacial score (nSPS) is 56.0. The van der Waals surface area contributed by atoms with Crippen LogP contribution in [-0.2, 0) is 9.59 Å². The summed E-state index contributed by atoms with van der Waals surface area (Å²) in [4.78, 5) is 25.2. The van der Waals surface area contributed by atoms with E-state index < -0.39 is 46.4 Å². The fourth-order valence-corrected chi connectivity index (χ4v) is 7.32. The highest BCUT2D eigenvalue weighted by molar-refractivity contribution is 6.03. The Hall–Kier alpha value is -1.24. The number of allylic oxidation sites excluding steroid dienone is 1. The maximum Gasteiger partial charge on any atom is 0.309 e. The predicted octanol–water partition coefficient (Wildman–Crippen LogP) is 1.13. The van der Waals surface area contributed by atoms with Crippen LogP contribution in [0.15, 0.2) is 12.2 Å². The van der Waals surface area contributed by atoms with Gasteiger partial charge in [0.15, 0.2) is 5.78 Å². The average molecular weight is 364 g/mol. The molecule has 0 heterocycles. The SMILES string of the molecule is C=C1C(=O)[C@]23C[C@H]1CC[C@H]2[C@]1(C)[C@@H](O)[C@@H](O)C[C@@](C)(C(=O)O)[C@H]1C[C@@H]3O. The zero-order valence-electron chi connectivity index (χ0n) is 15.3. The smallest absolute Gasteiger partial charge is 0.309 e. The molecule has 2 bridgehead atoms. The van der Waals surface area contributed by atoms with E-state index in [1.165, 1.54) is 0 Å². The van der Waals surface area contributed by atoms with Crippen molar-refractivity contribution in [3.8, 4) is 0 Å². The molecule has 4 N–H and O–H groups in total. The largest absolute Gasteiger partial charge is 0.481 e. The first-order valence-electron chi connectivity index (χ1n) is 9.52. The molecule has 0 amide bonds. The van der Waals surface area contributed by atoms with Crippen LogP contribution in [0.2, 0.25) is 0 Å². The van der Waals surface area contributed by atoms with E-state index in [9.17, 15) is 30.0 Å². The van der Waals surface area contributed by atoms with Crippen LogP contribution < -0.4 is 0 Å². The molecule has 144 valence electrons. The highest BCUT2D eigenvalue weighted by Gasteiger charge is 2.74. The first-order chi connectivity index (χ1) is 12.0. The standard InChI is InChI=1S/C20H28O6/c1-9-10-4-5-12-19(3)13(6-14(22)20(12,7-10)15(9)23)18(2,17(25)26)8-11(21)16(19)24/h10-14,16,21-22,24H,1,4-8H2,2-3H3,(H,25,26)/t10-,11+,12+,13-,14+,16+,18-,19+,20-/m1/s1. The van der Waals surface area contributed by atoms with Crippen molar-refractivity contribution in [2.45, 2.75) is 64.3 Å². The van der Waals surface area contributed by atoms with Crippen LogP contribution in [0.1, 0.15) is 46.0 Å². The second-order valence-corrected chi connectivity index (χ2v) is 9.53. The van der Waals surface area contributed by atoms with Crippen molar-refractivity contribution in [3.05, 3.63) is 12.2 Å². The number of carboxylic acids is 1. The van der Waals surface area contributed by atoms with Crippen molar-refractivity contribution >= 4 is 11.8 Å². The minimum atomic E-state index is -1.26. The van der Waals surface area contributed by atoms with Gasteiger partial charge in [-0.3, -0.25) is 9.59 Å². The number of fused-ring (bicyclic) bond motifs is 3. The van der Waals surface area contributed by atoms with Crippen molar-refractivity contribution in [2.24, 2.45) is 34.0 Å². The minimum absolute atomic E-state index is 0.0561. The summed E-state index contributed by atoms with van der Waals surface area (Å²) in [5, 5.41) is 42.5. The van der Waals surface area contributed by atoms with Crippen LogP contribution in [0.25, 0.3) is 0 Å². The Kier molecular flexibility index (Phi) is 3.61. The molecule has 0 aromatic heterocycles. The van der Waals surface area contributed by atoms with E-state index in [-0.39, 0.29) is 30.5 Å². The summed E-state index contributed by atoms with van der Waals surface area (Å²) in [5.41, 5.74) is -2.65. The first-order valence-corrected chi connectivity index (χ1v) is 9.52. The van der Waals surface area contributed by atoms with E-state index in [0.29, 0.717) is 18.4 Å². The van der Waals surface area contributed by atoms with Gasteiger partial charge in [0.05, 0.1) is 29.1 Å². The second kappa shape index (κ2) is 5.18. The van der Waals surface area contributed by atoms with Crippen molar-refractivity contribution < 1.29 is 30.0 Å². The zero-order chi connectivity index (χ0) is 19.2. The Balaban J connectivity index is 1.90. The van der Waals surface area contributed by atoms with Gasteiger partial charge in [0, 0.05) is 5.41 Å². The van der Waals surface area contributed by atoms with Crippen LogP contribution >= 0.6 is 0 Å². The number of aliphatic hydroxyl groups is 3. The van der Waals surface area contributed by atoms with Crippen LogP contribution in [0.3, 0.4) is 0 Å². The molecule has 0 radical (unpaired) electrons. The van der Waals surface area contributed by atoms with Crippen LogP contribution in [-0.4, -0.2) is 50.5 Å².